The fraction of sp³-hybridized carbons (Fsp3) is 0.750. The van der Waals surface area contributed by atoms with Gasteiger partial charge in [0.25, 0.3) is 7.52 Å². The van der Waals surface area contributed by atoms with E-state index >= 15 is 0 Å². The Labute approximate surface area is 118 Å². The molecular weight excluding hydrogens is 283 g/mol. The highest BCUT2D eigenvalue weighted by Crippen LogP contribution is 2.40. The third kappa shape index (κ3) is 4.51. The van der Waals surface area contributed by atoms with Crippen LogP contribution in [0, 0.1) is 5.92 Å². The van der Waals surface area contributed by atoms with Gasteiger partial charge in [-0.15, -0.1) is 0 Å². The minimum Gasteiger partial charge on any atom is -0.333 e. The van der Waals surface area contributed by atoms with E-state index in [-0.39, 0.29) is 56.0 Å². The number of Topliss-reactive ketones (excluding diaryl/α,β-unsaturated/α-hetero) is 1. The molecule has 8 heteroatoms. The largest absolute Gasteiger partial charge is 0.333 e. The average molecular weight is 304 g/mol. The predicted molar refractivity (Wildman–Crippen MR) is 73.1 cm³/mol. The summed E-state index contributed by atoms with van der Waals surface area (Å²) in [5, 5.41) is 0. The van der Waals surface area contributed by atoms with Crippen molar-refractivity contribution in [2.45, 2.75) is 26.7 Å². The topological polar surface area (TPSA) is 95.0 Å². The molecule has 1 N–H and O–H groups in total. The molecule has 0 aliphatic carbocycles. The number of carbonyl (C=O) groups is 3. The van der Waals surface area contributed by atoms with Crippen LogP contribution in [0.25, 0.3) is 0 Å². The highest BCUT2D eigenvalue weighted by molar-refractivity contribution is 7.54. The summed E-state index contributed by atoms with van der Waals surface area (Å²) in [5.74, 6) is -0.899. The molecule has 0 aromatic carbocycles. The van der Waals surface area contributed by atoms with Crippen molar-refractivity contribution in [3.8, 4) is 0 Å². The van der Waals surface area contributed by atoms with Gasteiger partial charge in [0.15, 0.2) is 0 Å². The lowest BCUT2D eigenvalue weighted by Crippen LogP contribution is -2.38. The number of carbonyl (C=O) groups excluding carboxylic acids is 3. The lowest BCUT2D eigenvalue weighted by Gasteiger charge is -2.26. The quantitative estimate of drug-likeness (QED) is 0.543. The van der Waals surface area contributed by atoms with E-state index in [9.17, 15) is 23.8 Å². The van der Waals surface area contributed by atoms with Crippen molar-refractivity contribution in [2.75, 3.05) is 26.3 Å². The van der Waals surface area contributed by atoms with E-state index in [2.05, 4.69) is 0 Å². The molecule has 7 nitrogen and oxygen atoms in total. The fourth-order valence-corrected chi connectivity index (χ4v) is 3.00. The van der Waals surface area contributed by atoms with Crippen LogP contribution in [0.2, 0.25) is 0 Å². The molecule has 0 radical (unpaired) electrons. The van der Waals surface area contributed by atoms with Gasteiger partial charge in [-0.25, -0.2) is 4.67 Å². The molecule has 2 unspecified atom stereocenters. The van der Waals surface area contributed by atoms with Gasteiger partial charge in [-0.05, 0) is 6.92 Å². The van der Waals surface area contributed by atoms with Crippen LogP contribution in [0.15, 0.2) is 0 Å². The number of ketones is 1. The standard InChI is InChI=1S/C12H21N2O5P/c1-9-8-11(16)14(12(9)17)7-6-13(20(3,18)19)5-4-10(2)15/h9H,4-8H2,1-3H3,(H,18,19). The van der Waals surface area contributed by atoms with Gasteiger partial charge in [0.1, 0.15) is 5.78 Å². The molecule has 1 aliphatic rings. The summed E-state index contributed by atoms with van der Waals surface area (Å²) < 4.78 is 13.0. The summed E-state index contributed by atoms with van der Waals surface area (Å²) in [6.45, 7) is 4.60. The molecule has 114 valence electrons. The summed E-state index contributed by atoms with van der Waals surface area (Å²) in [6.07, 6.45) is 0.353. The van der Waals surface area contributed by atoms with Crippen LogP contribution < -0.4 is 0 Å². The Hall–Kier alpha value is -1.04. The SMILES string of the molecule is CC(=O)CCN(CCN1C(=O)CC(C)C1=O)P(C)(=O)O. The van der Waals surface area contributed by atoms with Crippen molar-refractivity contribution < 1.29 is 23.8 Å². The zero-order chi connectivity index (χ0) is 15.5. The third-order valence-corrected chi connectivity index (χ3v) is 4.75. The highest BCUT2D eigenvalue weighted by Gasteiger charge is 2.36. The molecule has 0 spiro atoms. The van der Waals surface area contributed by atoms with E-state index in [1.54, 1.807) is 6.92 Å². The van der Waals surface area contributed by atoms with Gasteiger partial charge < -0.3 is 4.89 Å². The van der Waals surface area contributed by atoms with Gasteiger partial charge in [-0.3, -0.25) is 23.8 Å². The molecule has 0 aromatic heterocycles. The van der Waals surface area contributed by atoms with Gasteiger partial charge >= 0.3 is 0 Å². The number of imide groups is 1. The van der Waals surface area contributed by atoms with E-state index in [4.69, 9.17) is 0 Å². The van der Waals surface area contributed by atoms with Crippen molar-refractivity contribution in [1.29, 1.82) is 0 Å². The van der Waals surface area contributed by atoms with Crippen molar-refractivity contribution in [3.63, 3.8) is 0 Å². The maximum Gasteiger partial charge on any atom is 0.266 e. The van der Waals surface area contributed by atoms with Crippen LogP contribution in [-0.4, -0.2) is 58.4 Å². The Morgan fingerprint density at radius 2 is 2.05 bits per heavy atom. The lowest BCUT2D eigenvalue weighted by atomic mass is 10.1. The van der Waals surface area contributed by atoms with Gasteiger partial charge in [-0.2, -0.15) is 0 Å². The number of nitrogens with zero attached hydrogens (tertiary/aromatic N) is 2. The fourth-order valence-electron chi connectivity index (χ4n) is 2.07. The van der Waals surface area contributed by atoms with Crippen molar-refractivity contribution in [1.82, 2.24) is 9.57 Å². The zero-order valence-corrected chi connectivity index (χ0v) is 12.9. The van der Waals surface area contributed by atoms with Crippen LogP contribution in [0.3, 0.4) is 0 Å². The van der Waals surface area contributed by atoms with Gasteiger partial charge in [0, 0.05) is 45.1 Å². The second-order valence-corrected chi connectivity index (χ2v) is 7.47. The second-order valence-electron chi connectivity index (χ2n) is 5.23. The Morgan fingerprint density at radius 3 is 2.45 bits per heavy atom. The summed E-state index contributed by atoms with van der Waals surface area (Å²) >= 11 is 0. The molecule has 20 heavy (non-hydrogen) atoms. The summed E-state index contributed by atoms with van der Waals surface area (Å²) in [5.41, 5.74) is 0. The summed E-state index contributed by atoms with van der Waals surface area (Å²) in [6, 6.07) is 0. The maximum absolute atomic E-state index is 11.7. The van der Waals surface area contributed by atoms with Crippen LogP contribution in [0.5, 0.6) is 0 Å². The first-order valence-corrected chi connectivity index (χ1v) is 8.58. The first-order valence-electron chi connectivity index (χ1n) is 6.52. The first-order chi connectivity index (χ1) is 9.12. The third-order valence-electron chi connectivity index (χ3n) is 3.30. The molecule has 0 bridgehead atoms. The van der Waals surface area contributed by atoms with Crippen LogP contribution in [-0.2, 0) is 18.9 Å². The van der Waals surface area contributed by atoms with E-state index in [0.29, 0.717) is 0 Å². The molecule has 0 aromatic rings. The van der Waals surface area contributed by atoms with Crippen LogP contribution in [0.1, 0.15) is 26.7 Å². The minimum absolute atomic E-state index is 0.0783. The molecule has 0 saturated carbocycles. The molecule has 1 heterocycles. The summed E-state index contributed by atoms with van der Waals surface area (Å²) in [7, 11) is -3.51. The maximum atomic E-state index is 11.7. The number of likely N-dealkylation sites (tertiary alicyclic amines) is 1. The van der Waals surface area contributed by atoms with Crippen molar-refractivity contribution in [2.24, 2.45) is 5.92 Å². The van der Waals surface area contributed by atoms with Gasteiger partial charge in [-0.1, -0.05) is 6.92 Å². The molecule has 2 atom stereocenters. The molecule has 1 rings (SSSR count). The van der Waals surface area contributed by atoms with E-state index in [1.165, 1.54) is 18.3 Å². The normalized spacial score (nSPS) is 22.4. The van der Waals surface area contributed by atoms with E-state index in [1.807, 2.05) is 0 Å². The Balaban J connectivity index is 2.63. The smallest absolute Gasteiger partial charge is 0.266 e. The monoisotopic (exact) mass is 304 g/mol. The zero-order valence-electron chi connectivity index (χ0n) is 12.0. The summed E-state index contributed by atoms with van der Waals surface area (Å²) in [4.78, 5) is 45.1. The minimum atomic E-state index is -3.51. The van der Waals surface area contributed by atoms with Crippen molar-refractivity contribution >= 4 is 25.1 Å². The first kappa shape index (κ1) is 17.0. The molecule has 1 fully saturated rings. The Morgan fingerprint density at radius 1 is 1.45 bits per heavy atom. The number of hydrogen-bond acceptors (Lipinski definition) is 4. The Bertz CT molecular complexity index is 459. The predicted octanol–water partition coefficient (Wildman–Crippen LogP) is 0.478. The lowest BCUT2D eigenvalue weighted by molar-refractivity contribution is -0.139. The molecule has 1 saturated heterocycles. The number of amides is 2. The molecular formula is C12H21N2O5P. The highest BCUT2D eigenvalue weighted by atomic mass is 31.2. The molecule has 2 amide bonds. The van der Waals surface area contributed by atoms with Gasteiger partial charge in [0.2, 0.25) is 11.8 Å². The van der Waals surface area contributed by atoms with Gasteiger partial charge in [0.05, 0.1) is 0 Å². The van der Waals surface area contributed by atoms with E-state index in [0.717, 1.165) is 4.90 Å². The van der Waals surface area contributed by atoms with Crippen LogP contribution in [0.4, 0.5) is 0 Å². The second kappa shape index (κ2) is 6.61. The average Bonchev–Trinajstić information content (AvgIpc) is 2.52. The Kier molecular flexibility index (Phi) is 5.62. The number of rotatable bonds is 7. The molecule has 1 aliphatic heterocycles. The number of hydrogen-bond donors (Lipinski definition) is 1. The van der Waals surface area contributed by atoms with Crippen molar-refractivity contribution in [3.05, 3.63) is 0 Å². The van der Waals surface area contributed by atoms with Crippen LogP contribution >= 0.6 is 7.52 Å². The van der Waals surface area contributed by atoms with E-state index < -0.39 is 7.52 Å².